The molecule has 27 heavy (non-hydrogen) atoms. The Hall–Kier alpha value is -2.54. The van der Waals surface area contributed by atoms with E-state index >= 15 is 0 Å². The molecule has 0 fully saturated rings. The average Bonchev–Trinajstić information content (AvgIpc) is 2.64. The van der Waals surface area contributed by atoms with Crippen molar-refractivity contribution >= 4 is 21.6 Å². The average molecular weight is 391 g/mol. The Kier molecular flexibility index (Phi) is 6.85. The zero-order valence-electron chi connectivity index (χ0n) is 16.2. The monoisotopic (exact) mass is 390 g/mol. The summed E-state index contributed by atoms with van der Waals surface area (Å²) in [5, 5.41) is 0. The van der Waals surface area contributed by atoms with Crippen molar-refractivity contribution in [1.82, 2.24) is 4.90 Å². The smallest absolute Gasteiger partial charge is 0.243 e. The Balaban J connectivity index is 2.20. The summed E-state index contributed by atoms with van der Waals surface area (Å²) in [6.07, 6.45) is 1.12. The first-order chi connectivity index (χ1) is 12.8. The molecule has 0 saturated heterocycles. The number of aryl methyl sites for hydroxylation is 1. The zero-order chi connectivity index (χ0) is 20.0. The predicted octanol–water partition coefficient (Wildman–Crippen LogP) is 2.82. The number of sulfonamides is 1. The summed E-state index contributed by atoms with van der Waals surface area (Å²) in [6, 6.07) is 14.6. The molecular formula is C20H26N2O4S. The quantitative estimate of drug-likeness (QED) is 0.695. The number of anilines is 1. The minimum atomic E-state index is -3.59. The first-order valence-corrected chi connectivity index (χ1v) is 10.5. The number of likely N-dealkylation sites (N-methyl/N-ethyl adjacent to an activating group) is 1. The number of hydrogen-bond acceptors (Lipinski definition) is 4. The van der Waals surface area contributed by atoms with Gasteiger partial charge in [0.25, 0.3) is 0 Å². The summed E-state index contributed by atoms with van der Waals surface area (Å²) >= 11 is 0. The number of hydrogen-bond donors (Lipinski definition) is 0. The first-order valence-electron chi connectivity index (χ1n) is 8.70. The van der Waals surface area contributed by atoms with Gasteiger partial charge in [0, 0.05) is 13.1 Å². The number of nitrogens with zero attached hydrogens (tertiary/aromatic N) is 2. The number of methoxy groups -OCH3 is 1. The minimum absolute atomic E-state index is 0.228. The van der Waals surface area contributed by atoms with Gasteiger partial charge in [0.15, 0.2) is 0 Å². The van der Waals surface area contributed by atoms with Gasteiger partial charge < -0.3 is 9.64 Å². The molecule has 0 aliphatic carbocycles. The van der Waals surface area contributed by atoms with Crippen molar-refractivity contribution in [2.45, 2.75) is 20.4 Å². The van der Waals surface area contributed by atoms with E-state index in [2.05, 4.69) is 0 Å². The van der Waals surface area contributed by atoms with Crippen LogP contribution in [0.2, 0.25) is 0 Å². The van der Waals surface area contributed by atoms with E-state index in [4.69, 9.17) is 4.74 Å². The van der Waals surface area contributed by atoms with Crippen LogP contribution in [-0.2, 0) is 21.4 Å². The lowest BCUT2D eigenvalue weighted by Crippen LogP contribution is -2.42. The van der Waals surface area contributed by atoms with Crippen LogP contribution in [-0.4, -0.2) is 45.7 Å². The molecule has 0 atom stereocenters. The van der Waals surface area contributed by atoms with E-state index in [-0.39, 0.29) is 12.5 Å². The molecule has 0 unspecified atom stereocenters. The number of amides is 1. The molecule has 6 nitrogen and oxygen atoms in total. The van der Waals surface area contributed by atoms with E-state index < -0.39 is 10.0 Å². The lowest BCUT2D eigenvalue weighted by molar-refractivity contribution is -0.129. The summed E-state index contributed by atoms with van der Waals surface area (Å²) in [7, 11) is -1.99. The minimum Gasteiger partial charge on any atom is -0.497 e. The summed E-state index contributed by atoms with van der Waals surface area (Å²) < 4.78 is 30.9. The van der Waals surface area contributed by atoms with Crippen LogP contribution < -0.4 is 9.04 Å². The van der Waals surface area contributed by atoms with Crippen LogP contribution in [0, 0.1) is 6.92 Å². The molecule has 0 radical (unpaired) electrons. The fraction of sp³-hybridized carbons (Fsp3) is 0.350. The molecule has 0 spiro atoms. The summed E-state index contributed by atoms with van der Waals surface area (Å²) in [4.78, 5) is 14.5. The molecule has 2 rings (SSSR count). The van der Waals surface area contributed by atoms with Crippen LogP contribution in [0.3, 0.4) is 0 Å². The number of rotatable bonds is 8. The molecule has 7 heteroatoms. The van der Waals surface area contributed by atoms with E-state index in [1.165, 1.54) is 4.31 Å². The van der Waals surface area contributed by atoms with Gasteiger partial charge in [-0.3, -0.25) is 9.10 Å². The van der Waals surface area contributed by atoms with Crippen LogP contribution in [0.5, 0.6) is 5.75 Å². The second kappa shape index (κ2) is 8.90. The van der Waals surface area contributed by atoms with Crippen molar-refractivity contribution in [3.8, 4) is 5.75 Å². The predicted molar refractivity (Wildman–Crippen MR) is 107 cm³/mol. The topological polar surface area (TPSA) is 66.9 Å². The van der Waals surface area contributed by atoms with Gasteiger partial charge >= 0.3 is 0 Å². The van der Waals surface area contributed by atoms with E-state index in [1.54, 1.807) is 24.1 Å². The van der Waals surface area contributed by atoms with Crippen LogP contribution in [0.1, 0.15) is 18.1 Å². The molecule has 2 aromatic rings. The lowest BCUT2D eigenvalue weighted by Gasteiger charge is -2.27. The Bertz CT molecular complexity index is 879. The molecule has 0 heterocycles. The molecule has 2 aromatic carbocycles. The maximum atomic E-state index is 12.8. The first kappa shape index (κ1) is 20.8. The summed E-state index contributed by atoms with van der Waals surface area (Å²) in [5.74, 6) is 0.498. The molecule has 0 saturated carbocycles. The van der Waals surface area contributed by atoms with Crippen molar-refractivity contribution in [3.63, 3.8) is 0 Å². The third kappa shape index (κ3) is 5.47. The Morgan fingerprint density at radius 2 is 1.70 bits per heavy atom. The normalized spacial score (nSPS) is 11.1. The van der Waals surface area contributed by atoms with Crippen molar-refractivity contribution < 1.29 is 17.9 Å². The Morgan fingerprint density at radius 3 is 2.22 bits per heavy atom. The zero-order valence-corrected chi connectivity index (χ0v) is 17.0. The van der Waals surface area contributed by atoms with E-state index in [1.807, 2.05) is 50.2 Å². The highest BCUT2D eigenvalue weighted by Gasteiger charge is 2.24. The number of ether oxygens (including phenoxy) is 1. The molecular weight excluding hydrogens is 364 g/mol. The molecule has 146 valence electrons. The molecule has 0 aliphatic rings. The van der Waals surface area contributed by atoms with Crippen LogP contribution >= 0.6 is 0 Å². The number of benzene rings is 2. The second-order valence-electron chi connectivity index (χ2n) is 6.31. The lowest BCUT2D eigenvalue weighted by atomic mass is 10.2. The Labute approximate surface area is 161 Å². The van der Waals surface area contributed by atoms with Gasteiger partial charge in [0.05, 0.1) is 19.1 Å². The molecule has 0 bridgehead atoms. The van der Waals surface area contributed by atoms with Crippen LogP contribution in [0.4, 0.5) is 5.69 Å². The maximum Gasteiger partial charge on any atom is 0.243 e. The van der Waals surface area contributed by atoms with Gasteiger partial charge in [-0.05, 0) is 43.2 Å². The van der Waals surface area contributed by atoms with Crippen molar-refractivity contribution in [2.75, 3.05) is 30.8 Å². The SMILES string of the molecule is CCN(Cc1ccc(OC)cc1)C(=O)CN(c1ccccc1C)S(C)(=O)=O. The van der Waals surface area contributed by atoms with E-state index in [0.29, 0.717) is 18.8 Å². The second-order valence-corrected chi connectivity index (χ2v) is 8.22. The number of para-hydroxylation sites is 1. The molecule has 0 N–H and O–H groups in total. The fourth-order valence-electron chi connectivity index (χ4n) is 2.77. The largest absolute Gasteiger partial charge is 0.497 e. The van der Waals surface area contributed by atoms with E-state index in [9.17, 15) is 13.2 Å². The summed E-state index contributed by atoms with van der Waals surface area (Å²) in [6.45, 7) is 4.36. The van der Waals surface area contributed by atoms with Crippen molar-refractivity contribution in [1.29, 1.82) is 0 Å². The van der Waals surface area contributed by atoms with Gasteiger partial charge in [-0.1, -0.05) is 30.3 Å². The fourth-order valence-corrected chi connectivity index (χ4v) is 3.68. The third-order valence-electron chi connectivity index (χ3n) is 4.33. The maximum absolute atomic E-state index is 12.8. The van der Waals surface area contributed by atoms with Gasteiger partial charge in [-0.15, -0.1) is 0 Å². The molecule has 0 aliphatic heterocycles. The highest BCUT2D eigenvalue weighted by Crippen LogP contribution is 2.22. The van der Waals surface area contributed by atoms with Crippen LogP contribution in [0.15, 0.2) is 48.5 Å². The molecule has 0 aromatic heterocycles. The van der Waals surface area contributed by atoms with Crippen LogP contribution in [0.25, 0.3) is 0 Å². The highest BCUT2D eigenvalue weighted by atomic mass is 32.2. The molecule has 1 amide bonds. The standard InChI is InChI=1S/C20H26N2O4S/c1-5-21(14-17-10-12-18(26-3)13-11-17)20(23)15-22(27(4,24)25)19-9-7-6-8-16(19)2/h6-13H,5,14-15H2,1-4H3. The van der Waals surface area contributed by atoms with Crippen molar-refractivity contribution in [3.05, 3.63) is 59.7 Å². The van der Waals surface area contributed by atoms with E-state index in [0.717, 1.165) is 23.1 Å². The highest BCUT2D eigenvalue weighted by molar-refractivity contribution is 7.92. The summed E-state index contributed by atoms with van der Waals surface area (Å²) in [5.41, 5.74) is 2.27. The van der Waals surface area contributed by atoms with Gasteiger partial charge in [-0.25, -0.2) is 8.42 Å². The Morgan fingerprint density at radius 1 is 1.07 bits per heavy atom. The third-order valence-corrected chi connectivity index (χ3v) is 5.46. The van der Waals surface area contributed by atoms with Gasteiger partial charge in [0.2, 0.25) is 15.9 Å². The van der Waals surface area contributed by atoms with Gasteiger partial charge in [-0.2, -0.15) is 0 Å². The number of carbonyl (C=O) groups is 1. The number of carbonyl (C=O) groups excluding carboxylic acids is 1. The van der Waals surface area contributed by atoms with Gasteiger partial charge in [0.1, 0.15) is 12.3 Å². The van der Waals surface area contributed by atoms with Crippen molar-refractivity contribution in [2.24, 2.45) is 0 Å².